The van der Waals surface area contributed by atoms with E-state index >= 15 is 0 Å². The molecule has 1 aliphatic rings. The highest BCUT2D eigenvalue weighted by molar-refractivity contribution is 5.34. The zero-order valence-electron chi connectivity index (χ0n) is 11.3. The fourth-order valence-corrected chi connectivity index (χ4v) is 2.30. The lowest BCUT2D eigenvalue weighted by molar-refractivity contribution is 0.358. The summed E-state index contributed by atoms with van der Waals surface area (Å²) >= 11 is 0. The van der Waals surface area contributed by atoms with Crippen molar-refractivity contribution < 1.29 is 9.47 Å². The number of ether oxygens (including phenoxy) is 2. The summed E-state index contributed by atoms with van der Waals surface area (Å²) in [6.45, 7) is 2.92. The van der Waals surface area contributed by atoms with Gasteiger partial charge >= 0.3 is 0 Å². The van der Waals surface area contributed by atoms with Gasteiger partial charge in [0.25, 0.3) is 0 Å². The zero-order chi connectivity index (χ0) is 13.0. The quantitative estimate of drug-likeness (QED) is 0.800. The van der Waals surface area contributed by atoms with E-state index in [1.165, 1.54) is 25.6 Å². The first kappa shape index (κ1) is 13.1. The lowest BCUT2D eigenvalue weighted by Crippen LogP contribution is -2.19. The van der Waals surface area contributed by atoms with E-state index in [1.807, 2.05) is 0 Å². The van der Waals surface area contributed by atoms with Crippen LogP contribution in [0.4, 0.5) is 0 Å². The van der Waals surface area contributed by atoms with Gasteiger partial charge in [-0.3, -0.25) is 0 Å². The molecule has 1 N–H and O–H groups in total. The van der Waals surface area contributed by atoms with Crippen molar-refractivity contribution in [1.82, 2.24) is 15.3 Å². The van der Waals surface area contributed by atoms with Crippen molar-refractivity contribution in [3.63, 3.8) is 0 Å². The maximum Gasteiger partial charge on any atom is 0.224 e. The lowest BCUT2D eigenvalue weighted by atomic mass is 10.2. The van der Waals surface area contributed by atoms with Crippen molar-refractivity contribution in [2.75, 3.05) is 14.2 Å². The van der Waals surface area contributed by atoms with Crippen LogP contribution in [0.1, 0.15) is 31.7 Å². The number of hydrogen-bond donors (Lipinski definition) is 1. The number of rotatable bonds is 7. The molecule has 0 saturated heterocycles. The molecule has 0 aromatic carbocycles. The Morgan fingerprint density at radius 2 is 1.94 bits per heavy atom. The van der Waals surface area contributed by atoms with Crippen molar-refractivity contribution in [2.45, 2.75) is 38.8 Å². The number of methoxy groups -OCH3 is 2. The van der Waals surface area contributed by atoms with E-state index in [0.29, 0.717) is 24.3 Å². The smallest absolute Gasteiger partial charge is 0.224 e. The summed E-state index contributed by atoms with van der Waals surface area (Å²) in [5.74, 6) is 2.00. The summed E-state index contributed by atoms with van der Waals surface area (Å²) in [6, 6.07) is 0.625. The van der Waals surface area contributed by atoms with E-state index in [-0.39, 0.29) is 0 Å². The van der Waals surface area contributed by atoms with Crippen LogP contribution in [0.25, 0.3) is 0 Å². The third kappa shape index (κ3) is 2.90. The summed E-state index contributed by atoms with van der Waals surface area (Å²) < 4.78 is 10.5. The maximum absolute atomic E-state index is 5.24. The molecule has 2 atom stereocenters. The predicted molar refractivity (Wildman–Crippen MR) is 68.8 cm³/mol. The molecular weight excluding hydrogens is 230 g/mol. The van der Waals surface area contributed by atoms with Gasteiger partial charge in [-0.25, -0.2) is 9.97 Å². The number of aromatic nitrogens is 2. The van der Waals surface area contributed by atoms with E-state index in [2.05, 4.69) is 22.2 Å². The fourth-order valence-electron chi connectivity index (χ4n) is 2.30. The molecule has 5 heteroatoms. The van der Waals surface area contributed by atoms with Crippen LogP contribution in [0.3, 0.4) is 0 Å². The lowest BCUT2D eigenvalue weighted by Gasteiger charge is -2.11. The van der Waals surface area contributed by atoms with Gasteiger partial charge in [-0.15, -0.1) is 0 Å². The van der Waals surface area contributed by atoms with Crippen LogP contribution in [0.2, 0.25) is 0 Å². The molecule has 1 aliphatic carbocycles. The third-order valence-corrected chi connectivity index (χ3v) is 3.38. The van der Waals surface area contributed by atoms with Crippen LogP contribution < -0.4 is 14.8 Å². The van der Waals surface area contributed by atoms with E-state index in [1.54, 1.807) is 14.2 Å². The molecule has 0 spiro atoms. The topological polar surface area (TPSA) is 56.3 Å². The average molecular weight is 251 g/mol. The van der Waals surface area contributed by atoms with Crippen LogP contribution in [-0.4, -0.2) is 30.2 Å². The molecule has 1 saturated carbocycles. The van der Waals surface area contributed by atoms with Gasteiger partial charge in [0.1, 0.15) is 6.33 Å². The largest absolute Gasteiger partial charge is 0.481 e. The van der Waals surface area contributed by atoms with Gasteiger partial charge in [-0.2, -0.15) is 0 Å². The number of nitrogens with one attached hydrogen (secondary N) is 1. The molecule has 5 nitrogen and oxygen atoms in total. The summed E-state index contributed by atoms with van der Waals surface area (Å²) in [4.78, 5) is 8.21. The second kappa shape index (κ2) is 6.00. The van der Waals surface area contributed by atoms with Gasteiger partial charge < -0.3 is 14.8 Å². The van der Waals surface area contributed by atoms with Crippen LogP contribution in [0, 0.1) is 5.92 Å². The van der Waals surface area contributed by atoms with Gasteiger partial charge in [0, 0.05) is 12.6 Å². The van der Waals surface area contributed by atoms with Crippen molar-refractivity contribution in [2.24, 2.45) is 5.92 Å². The Balaban J connectivity index is 1.96. The summed E-state index contributed by atoms with van der Waals surface area (Å²) in [7, 11) is 3.23. The molecule has 0 radical (unpaired) electrons. The molecule has 0 amide bonds. The van der Waals surface area contributed by atoms with E-state index in [9.17, 15) is 0 Å². The van der Waals surface area contributed by atoms with Gasteiger partial charge in [-0.05, 0) is 18.8 Å². The molecule has 2 unspecified atom stereocenters. The second-order valence-electron chi connectivity index (χ2n) is 4.64. The Bertz CT molecular complexity index is 376. The standard InChI is InChI=1S/C13H21N3O2/c1-4-5-9-6-11(9)14-7-10-12(17-2)15-8-16-13(10)18-3/h8-9,11,14H,4-7H2,1-3H3. The second-order valence-corrected chi connectivity index (χ2v) is 4.64. The van der Waals surface area contributed by atoms with E-state index in [0.717, 1.165) is 11.5 Å². The minimum Gasteiger partial charge on any atom is -0.481 e. The van der Waals surface area contributed by atoms with E-state index < -0.39 is 0 Å². The van der Waals surface area contributed by atoms with Crippen LogP contribution in [-0.2, 0) is 6.54 Å². The third-order valence-electron chi connectivity index (χ3n) is 3.38. The van der Waals surface area contributed by atoms with Gasteiger partial charge in [-0.1, -0.05) is 13.3 Å². The minimum absolute atomic E-state index is 0.585. The Kier molecular flexibility index (Phi) is 4.36. The zero-order valence-corrected chi connectivity index (χ0v) is 11.3. The van der Waals surface area contributed by atoms with Crippen molar-refractivity contribution in [1.29, 1.82) is 0 Å². The van der Waals surface area contributed by atoms with Crippen LogP contribution in [0.15, 0.2) is 6.33 Å². The fraction of sp³-hybridized carbons (Fsp3) is 0.692. The first-order valence-corrected chi connectivity index (χ1v) is 6.45. The van der Waals surface area contributed by atoms with Crippen LogP contribution >= 0.6 is 0 Å². The first-order valence-electron chi connectivity index (χ1n) is 6.45. The molecule has 0 bridgehead atoms. The summed E-state index contributed by atoms with van der Waals surface area (Å²) in [5.41, 5.74) is 0.893. The molecule has 1 aromatic heterocycles. The van der Waals surface area contributed by atoms with Crippen molar-refractivity contribution in [3.05, 3.63) is 11.9 Å². The average Bonchev–Trinajstić information content (AvgIpc) is 3.14. The Morgan fingerprint density at radius 1 is 1.28 bits per heavy atom. The molecule has 18 heavy (non-hydrogen) atoms. The highest BCUT2D eigenvalue weighted by Crippen LogP contribution is 2.35. The monoisotopic (exact) mass is 251 g/mol. The molecular formula is C13H21N3O2. The van der Waals surface area contributed by atoms with Gasteiger partial charge in [0.15, 0.2) is 0 Å². The van der Waals surface area contributed by atoms with Crippen molar-refractivity contribution in [3.8, 4) is 11.8 Å². The normalized spacial score (nSPS) is 21.7. The highest BCUT2D eigenvalue weighted by atomic mass is 16.5. The summed E-state index contributed by atoms with van der Waals surface area (Å²) in [6.07, 6.45) is 5.28. The molecule has 1 fully saturated rings. The molecule has 100 valence electrons. The molecule has 1 heterocycles. The number of hydrogen-bond acceptors (Lipinski definition) is 5. The van der Waals surface area contributed by atoms with Gasteiger partial charge in [0.2, 0.25) is 11.8 Å². The maximum atomic E-state index is 5.24. The highest BCUT2D eigenvalue weighted by Gasteiger charge is 2.35. The molecule has 0 aliphatic heterocycles. The van der Waals surface area contributed by atoms with Gasteiger partial charge in [0.05, 0.1) is 19.8 Å². The minimum atomic E-state index is 0.585. The Hall–Kier alpha value is -1.36. The predicted octanol–water partition coefficient (Wildman–Crippen LogP) is 1.77. The SMILES string of the molecule is CCCC1CC1NCc1c(OC)ncnc1OC. The Morgan fingerprint density at radius 3 is 2.50 bits per heavy atom. The molecule has 2 rings (SSSR count). The first-order chi connectivity index (χ1) is 8.80. The summed E-state index contributed by atoms with van der Waals surface area (Å²) in [5, 5.41) is 3.52. The van der Waals surface area contributed by atoms with Crippen LogP contribution in [0.5, 0.6) is 11.8 Å². The Labute approximate surface area is 108 Å². The van der Waals surface area contributed by atoms with Crippen molar-refractivity contribution >= 4 is 0 Å². The number of nitrogens with zero attached hydrogens (tertiary/aromatic N) is 2. The molecule has 1 aromatic rings. The van der Waals surface area contributed by atoms with E-state index in [4.69, 9.17) is 9.47 Å².